The van der Waals surface area contributed by atoms with Crippen LogP contribution in [0.15, 0.2) is 45.3 Å². The number of nitrogens with one attached hydrogen (secondary N) is 2. The van der Waals surface area contributed by atoms with Crippen LogP contribution in [0.5, 0.6) is 0 Å². The molecule has 40 heavy (non-hydrogen) atoms. The lowest BCUT2D eigenvalue weighted by molar-refractivity contribution is -0.137. The lowest BCUT2D eigenvalue weighted by Crippen LogP contribution is -2.73. The molecule has 4 rings (SSSR count). The minimum absolute atomic E-state index is 0.283. The van der Waals surface area contributed by atoms with Crippen LogP contribution in [0, 0.1) is 0 Å². The Bertz CT molecular complexity index is 1330. The fourth-order valence-electron chi connectivity index (χ4n) is 5.22. The van der Waals surface area contributed by atoms with E-state index in [2.05, 4.69) is 42.5 Å². The molecular weight excluding hydrogens is 648 g/mol. The molecule has 2 aliphatic rings. The van der Waals surface area contributed by atoms with Crippen LogP contribution in [0.1, 0.15) is 52.7 Å². The zero-order chi connectivity index (χ0) is 30.0. The number of ether oxygens (including phenoxy) is 2. The molecule has 0 spiro atoms. The summed E-state index contributed by atoms with van der Waals surface area (Å²) in [6, 6.07) is 10.2. The number of halogens is 2. The average Bonchev–Trinajstić information content (AvgIpc) is 3.13. The number of hydrogen-bond donors (Lipinski definition) is 2. The first kappa shape index (κ1) is 29.9. The molecule has 2 N–H and O–H groups in total. The van der Waals surface area contributed by atoms with Crippen molar-refractivity contribution in [2.24, 2.45) is 0 Å². The number of likely N-dealkylation sites (N-methyl/N-ethyl adjacent to an activating group) is 2. The summed E-state index contributed by atoms with van der Waals surface area (Å²) in [6.07, 6.45) is -1.90. The maximum absolute atomic E-state index is 14.6. The van der Waals surface area contributed by atoms with Crippen molar-refractivity contribution >= 4 is 67.2 Å². The van der Waals surface area contributed by atoms with Gasteiger partial charge in [-0.05, 0) is 77.9 Å². The highest BCUT2D eigenvalue weighted by Crippen LogP contribution is 2.56. The Morgan fingerprint density at radius 3 is 1.32 bits per heavy atom. The predicted molar refractivity (Wildman–Crippen MR) is 157 cm³/mol. The van der Waals surface area contributed by atoms with Gasteiger partial charge in [0.1, 0.15) is 11.2 Å². The normalized spacial score (nSPS) is 22.1. The molecule has 0 saturated heterocycles. The largest absolute Gasteiger partial charge is 0.444 e. The smallest absolute Gasteiger partial charge is 0.408 e. The number of nitrogens with zero attached hydrogens (tertiary/aromatic N) is 2. The molecular formula is C28H32Br2N4O6. The van der Waals surface area contributed by atoms with Gasteiger partial charge in [0.05, 0.1) is 0 Å². The number of amides is 4. The Morgan fingerprint density at radius 1 is 0.700 bits per heavy atom. The fraction of sp³-hybridized carbons (Fsp3) is 0.429. The van der Waals surface area contributed by atoms with Crippen LogP contribution in [-0.2, 0) is 30.1 Å². The van der Waals surface area contributed by atoms with Gasteiger partial charge in [-0.3, -0.25) is 20.2 Å². The van der Waals surface area contributed by atoms with Crippen LogP contribution in [0.2, 0.25) is 0 Å². The number of fused-ring (bicyclic) bond motifs is 2. The molecule has 0 fully saturated rings. The summed E-state index contributed by atoms with van der Waals surface area (Å²) in [5.41, 5.74) is -4.78. The van der Waals surface area contributed by atoms with E-state index >= 15 is 0 Å². The van der Waals surface area contributed by atoms with Gasteiger partial charge in [0.25, 0.3) is 11.8 Å². The second-order valence-electron chi connectivity index (χ2n) is 11.8. The molecule has 2 aromatic rings. The molecule has 0 aromatic heterocycles. The number of benzene rings is 2. The summed E-state index contributed by atoms with van der Waals surface area (Å²) >= 11 is 6.94. The second kappa shape index (κ2) is 9.76. The van der Waals surface area contributed by atoms with Crippen molar-refractivity contribution in [1.82, 2.24) is 10.6 Å². The van der Waals surface area contributed by atoms with E-state index in [1.54, 1.807) is 92.0 Å². The summed E-state index contributed by atoms with van der Waals surface area (Å²) in [4.78, 5) is 58.9. The van der Waals surface area contributed by atoms with Gasteiger partial charge in [0, 0.05) is 45.5 Å². The zero-order valence-corrected chi connectivity index (χ0v) is 26.7. The highest BCUT2D eigenvalue weighted by Gasteiger charge is 2.73. The van der Waals surface area contributed by atoms with Gasteiger partial charge in [-0.25, -0.2) is 9.59 Å². The summed E-state index contributed by atoms with van der Waals surface area (Å²) in [5.74, 6) is -1.31. The molecule has 12 heteroatoms. The van der Waals surface area contributed by atoms with Gasteiger partial charge in [-0.1, -0.05) is 31.9 Å². The maximum Gasteiger partial charge on any atom is 0.408 e. The van der Waals surface area contributed by atoms with Crippen LogP contribution < -0.4 is 20.4 Å². The molecule has 0 aliphatic carbocycles. The molecule has 2 aliphatic heterocycles. The van der Waals surface area contributed by atoms with Crippen molar-refractivity contribution in [2.45, 2.75) is 63.8 Å². The topological polar surface area (TPSA) is 117 Å². The van der Waals surface area contributed by atoms with Gasteiger partial charge < -0.3 is 19.3 Å². The number of hydrogen-bond acceptors (Lipinski definition) is 6. The summed E-state index contributed by atoms with van der Waals surface area (Å²) < 4.78 is 12.4. The summed E-state index contributed by atoms with van der Waals surface area (Å²) in [6.45, 7) is 10.1. The molecule has 0 bridgehead atoms. The number of alkyl carbamates (subject to hydrolysis) is 2. The lowest BCUT2D eigenvalue weighted by Gasteiger charge is -2.44. The Kier molecular flexibility index (Phi) is 7.28. The van der Waals surface area contributed by atoms with Crippen molar-refractivity contribution in [3.63, 3.8) is 0 Å². The molecule has 0 saturated carbocycles. The third-order valence-corrected chi connectivity index (χ3v) is 7.62. The first-order valence-electron chi connectivity index (χ1n) is 12.5. The van der Waals surface area contributed by atoms with Crippen molar-refractivity contribution in [3.8, 4) is 0 Å². The molecule has 4 amide bonds. The third kappa shape index (κ3) is 4.74. The number of carbonyl (C=O) groups is 4. The standard InChI is InChI=1S/C28H32Br2N4O6/c1-25(2,3)39-23(37)31-27(17-13-15(29)9-11-19(17)33(7)21(27)35)28(32-24(38)40-26(4,5)6)18-14-16(30)10-12-20(18)34(8)22(28)36/h9-14H,1-8H3,(H,31,37)(H,32,38)/t27-,28-/m0/s1. The van der Waals surface area contributed by atoms with Crippen LogP contribution in [0.3, 0.4) is 0 Å². The van der Waals surface area contributed by atoms with E-state index in [4.69, 9.17) is 9.47 Å². The molecule has 2 heterocycles. The number of carbonyl (C=O) groups excluding carboxylic acids is 4. The van der Waals surface area contributed by atoms with E-state index in [1.807, 2.05) is 0 Å². The zero-order valence-electron chi connectivity index (χ0n) is 23.6. The summed E-state index contributed by atoms with van der Waals surface area (Å²) in [5, 5.41) is 5.54. The van der Waals surface area contributed by atoms with Gasteiger partial charge in [0.15, 0.2) is 11.1 Å². The van der Waals surface area contributed by atoms with Gasteiger partial charge in [-0.2, -0.15) is 0 Å². The molecule has 0 radical (unpaired) electrons. The molecule has 2 atom stereocenters. The van der Waals surface area contributed by atoms with Crippen LogP contribution in [0.25, 0.3) is 0 Å². The Hall–Kier alpha value is -3.12. The number of rotatable bonds is 3. The van der Waals surface area contributed by atoms with E-state index < -0.39 is 46.3 Å². The number of anilines is 2. The minimum atomic E-state index is -2.18. The van der Waals surface area contributed by atoms with E-state index in [1.165, 1.54) is 9.80 Å². The van der Waals surface area contributed by atoms with E-state index in [0.29, 0.717) is 20.3 Å². The van der Waals surface area contributed by atoms with Crippen molar-refractivity contribution in [1.29, 1.82) is 0 Å². The molecule has 214 valence electrons. The van der Waals surface area contributed by atoms with Crippen molar-refractivity contribution in [2.75, 3.05) is 23.9 Å². The predicted octanol–water partition coefficient (Wildman–Crippen LogP) is 5.30. The van der Waals surface area contributed by atoms with Crippen LogP contribution in [-0.4, -0.2) is 49.3 Å². The van der Waals surface area contributed by atoms with E-state index in [-0.39, 0.29) is 11.1 Å². The van der Waals surface area contributed by atoms with Gasteiger partial charge >= 0.3 is 12.2 Å². The van der Waals surface area contributed by atoms with Gasteiger partial charge in [0.2, 0.25) is 0 Å². The lowest BCUT2D eigenvalue weighted by atomic mass is 9.69. The second-order valence-corrected chi connectivity index (χ2v) is 13.6. The monoisotopic (exact) mass is 678 g/mol. The Morgan fingerprint density at radius 2 is 1.02 bits per heavy atom. The molecule has 2 aromatic carbocycles. The SMILES string of the molecule is CN1C(=O)[C@](NC(=O)OC(C)(C)C)([C@@]2(NC(=O)OC(C)(C)C)C(=O)N(C)c3ccc(Br)cc32)c2cc(Br)ccc21. The van der Waals surface area contributed by atoms with Crippen molar-refractivity contribution < 1.29 is 28.7 Å². The maximum atomic E-state index is 14.6. The van der Waals surface area contributed by atoms with Crippen molar-refractivity contribution in [3.05, 3.63) is 56.5 Å². The fourth-order valence-corrected chi connectivity index (χ4v) is 5.94. The minimum Gasteiger partial charge on any atom is -0.444 e. The quantitative estimate of drug-likeness (QED) is 0.455. The van der Waals surface area contributed by atoms with E-state index in [0.717, 1.165) is 0 Å². The Labute approximate surface area is 250 Å². The Balaban J connectivity index is 2.13. The van der Waals surface area contributed by atoms with Crippen LogP contribution in [0.4, 0.5) is 21.0 Å². The average molecular weight is 680 g/mol. The van der Waals surface area contributed by atoms with Gasteiger partial charge in [-0.15, -0.1) is 0 Å². The highest BCUT2D eigenvalue weighted by atomic mass is 79.9. The first-order valence-corrected chi connectivity index (χ1v) is 14.1. The highest BCUT2D eigenvalue weighted by molar-refractivity contribution is 9.10. The molecule has 0 unspecified atom stereocenters. The third-order valence-electron chi connectivity index (χ3n) is 6.64. The van der Waals surface area contributed by atoms with Crippen LogP contribution >= 0.6 is 31.9 Å². The first-order chi connectivity index (χ1) is 18.3. The summed E-state index contributed by atoms with van der Waals surface area (Å²) in [7, 11) is 3.08. The molecule has 10 nitrogen and oxygen atoms in total. The van der Waals surface area contributed by atoms with E-state index in [9.17, 15) is 19.2 Å².